The van der Waals surface area contributed by atoms with Crippen molar-refractivity contribution >= 4 is 33.3 Å². The molecule has 0 aliphatic carbocycles. The zero-order valence-corrected chi connectivity index (χ0v) is 13.0. The molecule has 0 aliphatic heterocycles. The summed E-state index contributed by atoms with van der Waals surface area (Å²) in [5.41, 5.74) is -0.970. The SMILES string of the molecule is CC(C)(CCCl)CNc1ncc(Br)cc1C(F)(F)F. The highest BCUT2D eigenvalue weighted by Crippen LogP contribution is 2.35. The van der Waals surface area contributed by atoms with Crippen molar-refractivity contribution in [3.63, 3.8) is 0 Å². The van der Waals surface area contributed by atoms with Crippen molar-refractivity contribution in [2.45, 2.75) is 26.4 Å². The summed E-state index contributed by atoms with van der Waals surface area (Å²) in [5, 5.41) is 2.76. The van der Waals surface area contributed by atoms with E-state index in [4.69, 9.17) is 11.6 Å². The average molecular weight is 360 g/mol. The summed E-state index contributed by atoms with van der Waals surface area (Å²) in [5.74, 6) is 0.313. The number of rotatable bonds is 5. The third-order valence-corrected chi connectivity index (χ3v) is 3.29. The second-order valence-electron chi connectivity index (χ2n) is 5.00. The van der Waals surface area contributed by atoms with E-state index in [1.165, 1.54) is 6.20 Å². The number of alkyl halides is 4. The molecule has 0 fully saturated rings. The molecular formula is C12H15BrClF3N2. The van der Waals surface area contributed by atoms with Crippen molar-refractivity contribution in [2.24, 2.45) is 5.41 Å². The smallest absolute Gasteiger partial charge is 0.369 e. The summed E-state index contributed by atoms with van der Waals surface area (Å²) >= 11 is 8.66. The minimum Gasteiger partial charge on any atom is -0.369 e. The molecule has 19 heavy (non-hydrogen) atoms. The fraction of sp³-hybridized carbons (Fsp3) is 0.583. The number of anilines is 1. The first-order chi connectivity index (χ1) is 8.65. The first-order valence-electron chi connectivity index (χ1n) is 5.68. The normalized spacial score (nSPS) is 12.6. The lowest BCUT2D eigenvalue weighted by atomic mass is 9.90. The number of pyridine rings is 1. The first kappa shape index (κ1) is 16.6. The van der Waals surface area contributed by atoms with Gasteiger partial charge in [-0.05, 0) is 33.8 Å². The highest BCUT2D eigenvalue weighted by molar-refractivity contribution is 9.10. The number of nitrogens with zero attached hydrogens (tertiary/aromatic N) is 1. The monoisotopic (exact) mass is 358 g/mol. The molecule has 0 aromatic carbocycles. The maximum Gasteiger partial charge on any atom is 0.419 e. The van der Waals surface area contributed by atoms with Crippen molar-refractivity contribution in [1.29, 1.82) is 0 Å². The number of hydrogen-bond donors (Lipinski definition) is 1. The quantitative estimate of drug-likeness (QED) is 0.754. The topological polar surface area (TPSA) is 24.9 Å². The molecule has 0 radical (unpaired) electrons. The lowest BCUT2D eigenvalue weighted by molar-refractivity contribution is -0.137. The molecular weight excluding hydrogens is 344 g/mol. The fourth-order valence-electron chi connectivity index (χ4n) is 1.46. The molecule has 0 bridgehead atoms. The highest BCUT2D eigenvalue weighted by atomic mass is 79.9. The van der Waals surface area contributed by atoms with Crippen molar-refractivity contribution in [1.82, 2.24) is 4.98 Å². The standard InChI is InChI=1S/C12H15BrClF3N2/c1-11(2,3-4-14)7-19-10-9(12(15,16)17)5-8(13)6-18-10/h5-6H,3-4,7H2,1-2H3,(H,18,19). The highest BCUT2D eigenvalue weighted by Gasteiger charge is 2.35. The van der Waals surface area contributed by atoms with E-state index < -0.39 is 11.7 Å². The lowest BCUT2D eigenvalue weighted by Gasteiger charge is -2.25. The molecule has 1 N–H and O–H groups in total. The van der Waals surface area contributed by atoms with E-state index in [1.807, 2.05) is 13.8 Å². The van der Waals surface area contributed by atoms with Crippen molar-refractivity contribution in [2.75, 3.05) is 17.7 Å². The summed E-state index contributed by atoms with van der Waals surface area (Å²) in [4.78, 5) is 3.80. The first-order valence-corrected chi connectivity index (χ1v) is 7.01. The molecule has 2 nitrogen and oxygen atoms in total. The van der Waals surface area contributed by atoms with Gasteiger partial charge in [-0.15, -0.1) is 11.6 Å². The molecule has 7 heteroatoms. The Hall–Kier alpha value is -0.490. The van der Waals surface area contributed by atoms with E-state index in [-0.39, 0.29) is 11.2 Å². The largest absolute Gasteiger partial charge is 0.419 e. The average Bonchev–Trinajstić information content (AvgIpc) is 2.26. The lowest BCUT2D eigenvalue weighted by Crippen LogP contribution is -2.25. The summed E-state index contributed by atoms with van der Waals surface area (Å²) < 4.78 is 38.9. The Morgan fingerprint density at radius 2 is 2.00 bits per heavy atom. The number of halogens is 5. The minimum atomic E-state index is -4.43. The predicted octanol–water partition coefficient (Wildman–Crippen LogP) is 4.93. The Labute approximate surface area is 123 Å². The van der Waals surface area contributed by atoms with Gasteiger partial charge in [0.2, 0.25) is 0 Å². The molecule has 0 aliphatic rings. The summed E-state index contributed by atoms with van der Waals surface area (Å²) in [7, 11) is 0. The third kappa shape index (κ3) is 5.18. The Morgan fingerprint density at radius 1 is 1.37 bits per heavy atom. The number of hydrogen-bond acceptors (Lipinski definition) is 2. The molecule has 1 aromatic rings. The van der Waals surface area contributed by atoms with Crippen LogP contribution < -0.4 is 5.32 Å². The summed E-state index contributed by atoms with van der Waals surface area (Å²) in [6.07, 6.45) is -2.39. The van der Waals surface area contributed by atoms with Crippen LogP contribution >= 0.6 is 27.5 Å². The van der Waals surface area contributed by atoms with Gasteiger partial charge < -0.3 is 5.32 Å². The maximum absolute atomic E-state index is 12.9. The van der Waals surface area contributed by atoms with Crippen molar-refractivity contribution in [3.8, 4) is 0 Å². The van der Waals surface area contributed by atoms with Crippen LogP contribution in [0.1, 0.15) is 25.8 Å². The van der Waals surface area contributed by atoms with Crippen molar-refractivity contribution < 1.29 is 13.2 Å². The van der Waals surface area contributed by atoms with Gasteiger partial charge in [-0.3, -0.25) is 0 Å². The molecule has 0 saturated heterocycles. The van der Waals surface area contributed by atoms with Crippen LogP contribution in [0.3, 0.4) is 0 Å². The minimum absolute atomic E-state index is 0.154. The van der Waals surface area contributed by atoms with Crippen LogP contribution in [0, 0.1) is 5.41 Å². The van der Waals surface area contributed by atoms with E-state index in [1.54, 1.807) is 0 Å². The van der Waals surface area contributed by atoms with Crippen LogP contribution in [0.5, 0.6) is 0 Å². The Balaban J connectivity index is 2.90. The van der Waals surface area contributed by atoms with Gasteiger partial charge in [0, 0.05) is 23.1 Å². The van der Waals surface area contributed by atoms with E-state index in [2.05, 4.69) is 26.2 Å². The Bertz CT molecular complexity index is 435. The van der Waals surface area contributed by atoms with E-state index in [0.29, 0.717) is 23.3 Å². The van der Waals surface area contributed by atoms with E-state index in [9.17, 15) is 13.2 Å². The van der Waals surface area contributed by atoms with Gasteiger partial charge in [-0.2, -0.15) is 13.2 Å². The van der Waals surface area contributed by atoms with Crippen LogP contribution in [-0.4, -0.2) is 17.4 Å². The number of nitrogens with one attached hydrogen (secondary N) is 1. The number of aromatic nitrogens is 1. The van der Waals surface area contributed by atoms with Gasteiger partial charge in [0.15, 0.2) is 0 Å². The third-order valence-electron chi connectivity index (χ3n) is 2.67. The summed E-state index contributed by atoms with van der Waals surface area (Å²) in [6.45, 7) is 4.25. The van der Waals surface area contributed by atoms with Gasteiger partial charge in [-0.1, -0.05) is 13.8 Å². The zero-order valence-electron chi connectivity index (χ0n) is 10.6. The van der Waals surface area contributed by atoms with Crippen LogP contribution in [0.4, 0.5) is 19.0 Å². The van der Waals surface area contributed by atoms with Crippen LogP contribution in [0.2, 0.25) is 0 Å². The molecule has 0 spiro atoms. The summed E-state index contributed by atoms with van der Waals surface area (Å²) in [6, 6.07) is 1.02. The molecule has 0 unspecified atom stereocenters. The van der Waals surface area contributed by atoms with Crippen molar-refractivity contribution in [3.05, 3.63) is 22.3 Å². The fourth-order valence-corrected chi connectivity index (χ4v) is 2.31. The Kier molecular flexibility index (Phi) is 5.50. The van der Waals surface area contributed by atoms with Gasteiger partial charge in [0.25, 0.3) is 0 Å². The van der Waals surface area contributed by atoms with E-state index >= 15 is 0 Å². The van der Waals surface area contributed by atoms with Gasteiger partial charge in [-0.25, -0.2) is 4.98 Å². The molecule has 1 rings (SSSR count). The molecule has 0 atom stereocenters. The second kappa shape index (κ2) is 6.31. The Morgan fingerprint density at radius 3 is 2.53 bits per heavy atom. The molecule has 1 heterocycles. The molecule has 0 saturated carbocycles. The molecule has 108 valence electrons. The van der Waals surface area contributed by atoms with Crippen LogP contribution in [0.25, 0.3) is 0 Å². The van der Waals surface area contributed by atoms with E-state index in [0.717, 1.165) is 6.07 Å². The predicted molar refractivity (Wildman–Crippen MR) is 74.5 cm³/mol. The molecule has 1 aromatic heterocycles. The zero-order chi connectivity index (χ0) is 14.7. The van der Waals surface area contributed by atoms with Crippen LogP contribution in [-0.2, 0) is 6.18 Å². The van der Waals surface area contributed by atoms with Crippen LogP contribution in [0.15, 0.2) is 16.7 Å². The van der Waals surface area contributed by atoms with Gasteiger partial charge in [0.1, 0.15) is 5.82 Å². The van der Waals surface area contributed by atoms with Gasteiger partial charge >= 0.3 is 6.18 Å². The maximum atomic E-state index is 12.9. The second-order valence-corrected chi connectivity index (χ2v) is 6.30. The molecule has 0 amide bonds. The van der Waals surface area contributed by atoms with Gasteiger partial charge in [0.05, 0.1) is 5.56 Å².